The molecule has 0 unspecified atom stereocenters. The van der Waals surface area contributed by atoms with Crippen LogP contribution in [0.3, 0.4) is 0 Å². The second kappa shape index (κ2) is 9.28. The minimum atomic E-state index is 0.746. The minimum absolute atomic E-state index is 0.746. The van der Waals surface area contributed by atoms with Crippen molar-refractivity contribution in [3.05, 3.63) is 109 Å². The Kier molecular flexibility index (Phi) is 5.68. The minimum Gasteiger partial charge on any atom is -0.398 e. The summed E-state index contributed by atoms with van der Waals surface area (Å²) >= 11 is 0. The van der Waals surface area contributed by atoms with Gasteiger partial charge in [0.2, 0.25) is 0 Å². The number of benzene rings is 3. The van der Waals surface area contributed by atoms with Crippen LogP contribution in [0.1, 0.15) is 5.69 Å². The highest BCUT2D eigenvalue weighted by molar-refractivity contribution is 5.72. The number of aromatic nitrogens is 2. The van der Waals surface area contributed by atoms with Crippen molar-refractivity contribution in [3.8, 4) is 22.4 Å². The molecular formula is C30H29N5. The maximum atomic E-state index is 6.17. The second-order valence-corrected chi connectivity index (χ2v) is 9.14. The molecule has 2 aromatic heterocycles. The maximum Gasteiger partial charge on any atom is 0.137 e. The van der Waals surface area contributed by atoms with Crippen molar-refractivity contribution < 1.29 is 0 Å². The van der Waals surface area contributed by atoms with Gasteiger partial charge in [-0.25, -0.2) is 4.98 Å². The monoisotopic (exact) mass is 459 g/mol. The summed E-state index contributed by atoms with van der Waals surface area (Å²) < 4.78 is 2.17. The van der Waals surface area contributed by atoms with Gasteiger partial charge in [-0.1, -0.05) is 72.8 Å². The molecule has 1 aliphatic rings. The van der Waals surface area contributed by atoms with E-state index in [1.54, 1.807) is 0 Å². The third-order valence-electron chi connectivity index (χ3n) is 6.87. The molecule has 2 N–H and O–H groups in total. The average Bonchev–Trinajstić information content (AvgIpc) is 3.27. The van der Waals surface area contributed by atoms with Crippen LogP contribution < -0.4 is 10.6 Å². The lowest BCUT2D eigenvalue weighted by Gasteiger charge is -2.36. The number of rotatable bonds is 5. The summed E-state index contributed by atoms with van der Waals surface area (Å²) in [5.74, 6) is 0. The van der Waals surface area contributed by atoms with Crippen LogP contribution in [-0.4, -0.2) is 40.5 Å². The summed E-state index contributed by atoms with van der Waals surface area (Å²) in [7, 11) is 0. The number of nitrogens with two attached hydrogens (primary N) is 1. The molecule has 5 aromatic rings. The van der Waals surface area contributed by atoms with Crippen LogP contribution in [-0.2, 0) is 6.54 Å². The normalized spacial score (nSPS) is 14.5. The van der Waals surface area contributed by atoms with Gasteiger partial charge in [0.05, 0.1) is 11.4 Å². The molecule has 5 nitrogen and oxygen atoms in total. The van der Waals surface area contributed by atoms with Crippen molar-refractivity contribution in [1.82, 2.24) is 14.3 Å². The molecule has 0 saturated carbocycles. The summed E-state index contributed by atoms with van der Waals surface area (Å²) in [6.45, 7) is 4.89. The van der Waals surface area contributed by atoms with E-state index in [2.05, 4.69) is 93.1 Å². The summed E-state index contributed by atoms with van der Waals surface area (Å²) in [5.41, 5.74) is 14.9. The van der Waals surface area contributed by atoms with Gasteiger partial charge >= 0.3 is 0 Å². The van der Waals surface area contributed by atoms with Crippen LogP contribution in [0.25, 0.3) is 28.0 Å². The Bertz CT molecular complexity index is 1420. The quantitative estimate of drug-likeness (QED) is 0.373. The lowest BCUT2D eigenvalue weighted by atomic mass is 10.0. The highest BCUT2D eigenvalue weighted by atomic mass is 15.3. The van der Waals surface area contributed by atoms with E-state index in [9.17, 15) is 0 Å². The van der Waals surface area contributed by atoms with E-state index in [0.29, 0.717) is 0 Å². The third kappa shape index (κ3) is 4.38. The predicted octanol–water partition coefficient (Wildman–Crippen LogP) is 5.57. The standard InChI is InChI=1S/C30H29N5/c31-26-15-16-29-32-30(25-13-11-24(12-14-25)23-7-3-1-4-8-23)28(35(29)21-26)22-33-17-19-34(20-18-33)27-9-5-2-6-10-27/h1-16,21H,17-20,22,31H2. The number of pyridine rings is 1. The molecular weight excluding hydrogens is 430 g/mol. The largest absolute Gasteiger partial charge is 0.398 e. The van der Waals surface area contributed by atoms with Gasteiger partial charge in [0.15, 0.2) is 0 Å². The van der Waals surface area contributed by atoms with E-state index < -0.39 is 0 Å². The molecule has 0 atom stereocenters. The summed E-state index contributed by atoms with van der Waals surface area (Å²) in [6, 6.07) is 33.8. The van der Waals surface area contributed by atoms with E-state index in [1.807, 2.05) is 24.4 Å². The first-order valence-electron chi connectivity index (χ1n) is 12.2. The van der Waals surface area contributed by atoms with Crippen LogP contribution >= 0.6 is 0 Å². The highest BCUT2D eigenvalue weighted by Gasteiger charge is 2.21. The van der Waals surface area contributed by atoms with Crippen LogP contribution in [0, 0.1) is 0 Å². The molecule has 0 radical (unpaired) electrons. The summed E-state index contributed by atoms with van der Waals surface area (Å²) in [4.78, 5) is 10.0. The van der Waals surface area contributed by atoms with E-state index in [0.717, 1.165) is 55.3 Å². The van der Waals surface area contributed by atoms with Crippen molar-refractivity contribution in [2.75, 3.05) is 36.8 Å². The molecule has 0 bridgehead atoms. The number of anilines is 2. The van der Waals surface area contributed by atoms with Gasteiger partial charge < -0.3 is 15.0 Å². The molecule has 0 aliphatic carbocycles. The Morgan fingerprint density at radius 3 is 2.00 bits per heavy atom. The van der Waals surface area contributed by atoms with E-state index in [1.165, 1.54) is 22.5 Å². The van der Waals surface area contributed by atoms with Crippen molar-refractivity contribution in [1.29, 1.82) is 0 Å². The lowest BCUT2D eigenvalue weighted by molar-refractivity contribution is 0.247. The average molecular weight is 460 g/mol. The Balaban J connectivity index is 1.29. The smallest absolute Gasteiger partial charge is 0.137 e. The zero-order chi connectivity index (χ0) is 23.6. The van der Waals surface area contributed by atoms with E-state index in [-0.39, 0.29) is 0 Å². The van der Waals surface area contributed by atoms with Crippen molar-refractivity contribution in [3.63, 3.8) is 0 Å². The zero-order valence-corrected chi connectivity index (χ0v) is 19.7. The van der Waals surface area contributed by atoms with Crippen molar-refractivity contribution in [2.45, 2.75) is 6.54 Å². The fourth-order valence-electron chi connectivity index (χ4n) is 4.96. The van der Waals surface area contributed by atoms with Gasteiger partial charge in [-0.05, 0) is 35.4 Å². The molecule has 1 fully saturated rings. The van der Waals surface area contributed by atoms with Crippen LogP contribution in [0.15, 0.2) is 103 Å². The predicted molar refractivity (Wildman–Crippen MR) is 144 cm³/mol. The van der Waals surface area contributed by atoms with Gasteiger partial charge in [-0.15, -0.1) is 0 Å². The topological polar surface area (TPSA) is 49.8 Å². The van der Waals surface area contributed by atoms with Gasteiger partial charge in [0.1, 0.15) is 5.65 Å². The number of fused-ring (bicyclic) bond motifs is 1. The van der Waals surface area contributed by atoms with Gasteiger partial charge in [-0.2, -0.15) is 0 Å². The first-order valence-corrected chi connectivity index (χ1v) is 12.2. The van der Waals surface area contributed by atoms with Crippen molar-refractivity contribution in [2.24, 2.45) is 0 Å². The maximum absolute atomic E-state index is 6.17. The first-order chi connectivity index (χ1) is 17.2. The number of hydrogen-bond donors (Lipinski definition) is 1. The molecule has 1 aliphatic heterocycles. The number of nitrogen functional groups attached to an aromatic ring is 1. The SMILES string of the molecule is Nc1ccc2nc(-c3ccc(-c4ccccc4)cc3)c(CN3CCN(c4ccccc4)CC3)n2c1. The molecule has 3 aromatic carbocycles. The summed E-state index contributed by atoms with van der Waals surface area (Å²) in [5, 5.41) is 0. The molecule has 174 valence electrons. The third-order valence-corrected chi connectivity index (χ3v) is 6.87. The molecule has 1 saturated heterocycles. The highest BCUT2D eigenvalue weighted by Crippen LogP contribution is 2.29. The van der Waals surface area contributed by atoms with Gasteiger partial charge in [0.25, 0.3) is 0 Å². The molecule has 3 heterocycles. The molecule has 6 rings (SSSR count). The fourth-order valence-corrected chi connectivity index (χ4v) is 4.96. The summed E-state index contributed by atoms with van der Waals surface area (Å²) in [6.07, 6.45) is 2.00. The number of nitrogens with zero attached hydrogens (tertiary/aromatic N) is 4. The Hall–Kier alpha value is -4.09. The molecule has 35 heavy (non-hydrogen) atoms. The van der Waals surface area contributed by atoms with Gasteiger partial charge in [0, 0.05) is 55.9 Å². The zero-order valence-electron chi connectivity index (χ0n) is 19.7. The number of para-hydroxylation sites is 1. The molecule has 0 amide bonds. The van der Waals surface area contributed by atoms with Gasteiger partial charge in [-0.3, -0.25) is 4.90 Å². The van der Waals surface area contributed by atoms with Crippen LogP contribution in [0.2, 0.25) is 0 Å². The first kappa shape index (κ1) is 21.4. The van der Waals surface area contributed by atoms with Crippen molar-refractivity contribution >= 4 is 17.0 Å². The fraction of sp³-hybridized carbons (Fsp3) is 0.167. The van der Waals surface area contributed by atoms with E-state index in [4.69, 9.17) is 10.7 Å². The molecule has 0 spiro atoms. The number of imidazole rings is 1. The van der Waals surface area contributed by atoms with Crippen LogP contribution in [0.4, 0.5) is 11.4 Å². The number of hydrogen-bond acceptors (Lipinski definition) is 4. The van der Waals surface area contributed by atoms with E-state index >= 15 is 0 Å². The second-order valence-electron chi connectivity index (χ2n) is 9.14. The Morgan fingerprint density at radius 2 is 1.29 bits per heavy atom. The van der Waals surface area contributed by atoms with Crippen LogP contribution in [0.5, 0.6) is 0 Å². The Morgan fingerprint density at radius 1 is 0.657 bits per heavy atom. The Labute approximate surface area is 206 Å². The number of piperazine rings is 1. The molecule has 5 heteroatoms. The lowest BCUT2D eigenvalue weighted by Crippen LogP contribution is -2.46.